The number of methoxy groups -OCH3 is 1. The summed E-state index contributed by atoms with van der Waals surface area (Å²) >= 11 is 0. The van der Waals surface area contributed by atoms with Crippen LogP contribution in [0.1, 0.15) is 33.5 Å². The summed E-state index contributed by atoms with van der Waals surface area (Å²) in [5.41, 5.74) is 1.91. The van der Waals surface area contributed by atoms with E-state index in [9.17, 15) is 19.7 Å². The van der Waals surface area contributed by atoms with Crippen LogP contribution < -0.4 is 9.64 Å². The summed E-state index contributed by atoms with van der Waals surface area (Å²) in [6.07, 6.45) is 0.377. The van der Waals surface area contributed by atoms with Gasteiger partial charge in [-0.2, -0.15) is 5.10 Å². The lowest BCUT2D eigenvalue weighted by Crippen LogP contribution is -2.39. The van der Waals surface area contributed by atoms with E-state index in [1.54, 1.807) is 38.3 Å². The van der Waals surface area contributed by atoms with Gasteiger partial charge in [-0.1, -0.05) is 0 Å². The van der Waals surface area contributed by atoms with Gasteiger partial charge in [0.25, 0.3) is 11.6 Å². The van der Waals surface area contributed by atoms with Crippen molar-refractivity contribution in [3.05, 3.63) is 75.6 Å². The van der Waals surface area contributed by atoms with Crippen LogP contribution in [0.3, 0.4) is 0 Å². The Morgan fingerprint density at radius 2 is 1.81 bits per heavy atom. The zero-order chi connectivity index (χ0) is 22.8. The van der Waals surface area contributed by atoms with E-state index in [4.69, 9.17) is 9.47 Å². The number of carbonyl (C=O) groups is 2. The van der Waals surface area contributed by atoms with E-state index < -0.39 is 10.9 Å². The summed E-state index contributed by atoms with van der Waals surface area (Å²) < 4.78 is 11.8. The maximum atomic E-state index is 13.5. The van der Waals surface area contributed by atoms with Crippen molar-refractivity contribution < 1.29 is 24.0 Å². The Labute approximate surface area is 183 Å². The van der Waals surface area contributed by atoms with Crippen molar-refractivity contribution in [2.75, 3.05) is 25.2 Å². The molecule has 0 saturated heterocycles. The molecule has 0 N–H and O–H groups in total. The fourth-order valence-electron chi connectivity index (χ4n) is 3.63. The third-order valence-corrected chi connectivity index (χ3v) is 5.17. The number of carbonyl (C=O) groups excluding carboxylic acids is 2. The lowest BCUT2D eigenvalue weighted by molar-refractivity contribution is -0.384. The summed E-state index contributed by atoms with van der Waals surface area (Å²) in [7, 11) is 1.55. The van der Waals surface area contributed by atoms with Crippen LogP contribution in [-0.4, -0.2) is 46.8 Å². The van der Waals surface area contributed by atoms with Crippen LogP contribution >= 0.6 is 0 Å². The maximum absolute atomic E-state index is 13.5. The number of ether oxygens (including phenoxy) is 2. The van der Waals surface area contributed by atoms with Gasteiger partial charge in [0.15, 0.2) is 5.69 Å². The molecule has 10 nitrogen and oxygen atoms in total. The first-order valence-corrected chi connectivity index (χ1v) is 9.94. The van der Waals surface area contributed by atoms with E-state index >= 15 is 0 Å². The second kappa shape index (κ2) is 8.50. The highest BCUT2D eigenvalue weighted by atomic mass is 16.6. The Morgan fingerprint density at radius 3 is 2.41 bits per heavy atom. The minimum atomic E-state index is -0.590. The van der Waals surface area contributed by atoms with Gasteiger partial charge < -0.3 is 14.4 Å². The number of nitro groups is 1. The highest BCUT2D eigenvalue weighted by molar-refractivity contribution is 6.09. The Kier molecular flexibility index (Phi) is 5.59. The lowest BCUT2D eigenvalue weighted by atomic mass is 10.1. The monoisotopic (exact) mass is 438 g/mol. The molecule has 0 radical (unpaired) electrons. The van der Waals surface area contributed by atoms with Gasteiger partial charge in [-0.25, -0.2) is 9.48 Å². The van der Waals surface area contributed by atoms with Crippen LogP contribution in [0, 0.1) is 10.1 Å². The second-order valence-corrected chi connectivity index (χ2v) is 6.99. The molecular weight excluding hydrogens is 418 g/mol. The zero-order valence-electron chi connectivity index (χ0n) is 17.5. The van der Waals surface area contributed by atoms with E-state index in [-0.39, 0.29) is 29.6 Å². The molecule has 0 atom stereocenters. The molecule has 1 aromatic heterocycles. The third kappa shape index (κ3) is 3.66. The summed E-state index contributed by atoms with van der Waals surface area (Å²) in [6, 6.07) is 12.7. The molecule has 0 fully saturated rings. The van der Waals surface area contributed by atoms with Gasteiger partial charge in [-0.15, -0.1) is 0 Å². The van der Waals surface area contributed by atoms with Crippen LogP contribution in [0.4, 0.5) is 11.4 Å². The number of nitro benzene ring substituents is 1. The molecule has 0 bridgehead atoms. The Morgan fingerprint density at radius 1 is 1.16 bits per heavy atom. The number of fused-ring (bicyclic) bond motifs is 1. The van der Waals surface area contributed by atoms with Crippen LogP contribution in [0.5, 0.6) is 5.75 Å². The molecule has 4 rings (SSSR count). The first kappa shape index (κ1) is 21.0. The average molecular weight is 438 g/mol. The van der Waals surface area contributed by atoms with Crippen molar-refractivity contribution in [1.82, 2.24) is 9.78 Å². The van der Waals surface area contributed by atoms with Gasteiger partial charge in [0, 0.05) is 29.9 Å². The van der Waals surface area contributed by atoms with E-state index in [2.05, 4.69) is 5.10 Å². The molecule has 2 aromatic carbocycles. The number of esters is 1. The van der Waals surface area contributed by atoms with Crippen LogP contribution in [0.15, 0.2) is 48.5 Å². The van der Waals surface area contributed by atoms with Crippen molar-refractivity contribution in [3.8, 4) is 11.4 Å². The topological polar surface area (TPSA) is 117 Å². The molecule has 0 spiro atoms. The summed E-state index contributed by atoms with van der Waals surface area (Å²) in [5, 5.41) is 15.4. The van der Waals surface area contributed by atoms with Gasteiger partial charge in [0.2, 0.25) is 0 Å². The number of nitrogens with zero attached hydrogens (tertiary/aromatic N) is 4. The molecule has 1 aliphatic rings. The first-order chi connectivity index (χ1) is 15.4. The van der Waals surface area contributed by atoms with Gasteiger partial charge in [0.1, 0.15) is 11.4 Å². The maximum Gasteiger partial charge on any atom is 0.359 e. The quantitative estimate of drug-likeness (QED) is 0.330. The largest absolute Gasteiger partial charge is 0.497 e. The van der Waals surface area contributed by atoms with Gasteiger partial charge >= 0.3 is 5.97 Å². The summed E-state index contributed by atoms with van der Waals surface area (Å²) in [5.74, 6) is -0.314. The van der Waals surface area contributed by atoms with Crippen molar-refractivity contribution >= 4 is 23.3 Å². The van der Waals surface area contributed by atoms with E-state index in [1.165, 1.54) is 33.8 Å². The smallest absolute Gasteiger partial charge is 0.359 e. The van der Waals surface area contributed by atoms with Gasteiger partial charge in [-0.3, -0.25) is 14.9 Å². The average Bonchev–Trinajstić information content (AvgIpc) is 3.20. The standard InChI is InChI=1S/C22H20N4O6/c1-3-32-22(28)19-18-12-13-24(14-4-6-16(7-5-14)26(29)30)21(27)20(18)25(23-19)15-8-10-17(31-2)11-9-15/h4-11H,3,12-13H2,1-2H3/i21+2. The van der Waals surface area contributed by atoms with Crippen LogP contribution in [0.2, 0.25) is 0 Å². The van der Waals surface area contributed by atoms with Crippen LogP contribution in [0.25, 0.3) is 5.69 Å². The van der Waals surface area contributed by atoms with Crippen molar-refractivity contribution in [2.24, 2.45) is 0 Å². The third-order valence-electron chi connectivity index (χ3n) is 5.17. The molecule has 2 heterocycles. The molecule has 0 aliphatic carbocycles. The molecule has 0 saturated carbocycles. The lowest BCUT2D eigenvalue weighted by Gasteiger charge is -2.27. The van der Waals surface area contributed by atoms with Crippen molar-refractivity contribution in [1.29, 1.82) is 0 Å². The summed E-state index contributed by atoms with van der Waals surface area (Å²) in [4.78, 5) is 38.0. The number of benzene rings is 2. The fraction of sp³-hybridized carbons (Fsp3) is 0.227. The second-order valence-electron chi connectivity index (χ2n) is 6.99. The molecular formula is C22H20N4O6. The van der Waals surface area contributed by atoms with E-state index in [0.717, 1.165) is 0 Å². The Bertz CT molecular complexity index is 1180. The number of rotatable bonds is 6. The van der Waals surface area contributed by atoms with E-state index in [0.29, 0.717) is 35.7 Å². The van der Waals surface area contributed by atoms with Crippen LogP contribution in [-0.2, 0) is 11.2 Å². The van der Waals surface area contributed by atoms with E-state index in [1.807, 2.05) is 0 Å². The fourth-order valence-corrected chi connectivity index (χ4v) is 3.63. The normalized spacial score (nSPS) is 12.9. The molecule has 3 aromatic rings. The number of hydrogen-bond acceptors (Lipinski definition) is 7. The minimum absolute atomic E-state index is 0.0632. The first-order valence-electron chi connectivity index (χ1n) is 9.94. The molecule has 32 heavy (non-hydrogen) atoms. The number of anilines is 1. The number of amides is 1. The van der Waals surface area contributed by atoms with Gasteiger partial charge in [0.05, 0.1) is 24.3 Å². The predicted octanol–water partition coefficient (Wildman–Crippen LogP) is 3.17. The molecule has 10 heteroatoms. The molecule has 1 amide bonds. The zero-order valence-corrected chi connectivity index (χ0v) is 17.5. The highest BCUT2D eigenvalue weighted by Crippen LogP contribution is 2.30. The predicted molar refractivity (Wildman–Crippen MR) is 115 cm³/mol. The molecule has 164 valence electrons. The number of hydrogen-bond donors (Lipinski definition) is 0. The van der Waals surface area contributed by atoms with Gasteiger partial charge in [-0.05, 0) is 49.7 Å². The number of aromatic nitrogens is 2. The van der Waals surface area contributed by atoms with Crippen molar-refractivity contribution in [2.45, 2.75) is 13.3 Å². The highest BCUT2D eigenvalue weighted by Gasteiger charge is 2.35. The molecule has 0 unspecified atom stereocenters. The number of non-ortho nitro benzene ring substituents is 1. The summed E-state index contributed by atoms with van der Waals surface area (Å²) in [6.45, 7) is 2.18. The Balaban J connectivity index is 1.79. The molecule has 1 aliphatic heterocycles. The van der Waals surface area contributed by atoms with Crippen molar-refractivity contribution in [3.63, 3.8) is 0 Å². The Hall–Kier alpha value is -4.21. The minimum Gasteiger partial charge on any atom is -0.497 e. The SMILES string of the molecule is CCOC(=O)c1nn(-c2ccc(OC)cc2)c2c1CCN(c1ccc([N+](=O)[O-])cc1)[14C]2=O.